The van der Waals surface area contributed by atoms with E-state index in [1.165, 1.54) is 55.3 Å². The van der Waals surface area contributed by atoms with Crippen LogP contribution in [0.5, 0.6) is 0 Å². The zero-order valence-electron chi connectivity index (χ0n) is 19.1. The molecule has 0 unspecified atom stereocenters. The summed E-state index contributed by atoms with van der Waals surface area (Å²) in [6, 6.07) is 43.5. The Morgan fingerprint density at radius 2 is 0.912 bits per heavy atom. The van der Waals surface area contributed by atoms with E-state index in [0.29, 0.717) is 0 Å². The van der Waals surface area contributed by atoms with E-state index in [-0.39, 0.29) is 0 Å². The minimum Gasteiger partial charge on any atom is -0.309 e. The van der Waals surface area contributed by atoms with Crippen LogP contribution in [-0.2, 0) is 0 Å². The van der Waals surface area contributed by atoms with E-state index in [1.807, 2.05) is 0 Å². The maximum Gasteiger partial charge on any atom is 0.0541 e. The van der Waals surface area contributed by atoms with Gasteiger partial charge in [0.1, 0.15) is 0 Å². The van der Waals surface area contributed by atoms with Crippen molar-refractivity contribution in [3.8, 4) is 16.8 Å². The number of aromatic nitrogens is 1. The molecule has 5 aromatic carbocycles. The van der Waals surface area contributed by atoms with Crippen LogP contribution in [0.15, 0.2) is 121 Å². The molecule has 1 heteroatoms. The molecule has 0 N–H and O–H groups in total. The Hall–Kier alpha value is -4.36. The zero-order chi connectivity index (χ0) is 22.9. The lowest BCUT2D eigenvalue weighted by molar-refractivity contribution is 1.18. The van der Waals surface area contributed by atoms with Crippen LogP contribution in [0.2, 0.25) is 0 Å². The van der Waals surface area contributed by atoms with Gasteiger partial charge in [-0.2, -0.15) is 0 Å². The topological polar surface area (TPSA) is 4.93 Å². The summed E-state index contributed by atoms with van der Waals surface area (Å²) in [4.78, 5) is 0. The molecule has 0 aliphatic heterocycles. The molecule has 1 nitrogen and oxygen atoms in total. The van der Waals surface area contributed by atoms with Crippen molar-refractivity contribution < 1.29 is 0 Å². The van der Waals surface area contributed by atoms with Crippen molar-refractivity contribution in [1.82, 2.24) is 4.57 Å². The molecule has 162 valence electrons. The van der Waals surface area contributed by atoms with E-state index >= 15 is 0 Å². The summed E-state index contributed by atoms with van der Waals surface area (Å²) >= 11 is 0. The van der Waals surface area contributed by atoms with Crippen molar-refractivity contribution in [3.63, 3.8) is 0 Å². The SMILES string of the molecule is Cc1ccc(/C=C/c2ccc(-c3ccc(-n4c5ccccc5c5ccccc54)cc3)cc2)cc1. The largest absolute Gasteiger partial charge is 0.309 e. The quantitative estimate of drug-likeness (QED) is 0.244. The van der Waals surface area contributed by atoms with Gasteiger partial charge in [0.15, 0.2) is 0 Å². The summed E-state index contributed by atoms with van der Waals surface area (Å²) in [5.41, 5.74) is 9.80. The molecular formula is C33H25N. The van der Waals surface area contributed by atoms with Gasteiger partial charge in [-0.1, -0.05) is 115 Å². The lowest BCUT2D eigenvalue weighted by atomic mass is 10.0. The molecule has 6 aromatic rings. The first-order chi connectivity index (χ1) is 16.8. The van der Waals surface area contributed by atoms with E-state index in [1.54, 1.807) is 0 Å². The van der Waals surface area contributed by atoms with E-state index < -0.39 is 0 Å². The first-order valence-corrected chi connectivity index (χ1v) is 11.7. The molecule has 0 aliphatic carbocycles. The van der Waals surface area contributed by atoms with Crippen molar-refractivity contribution in [2.75, 3.05) is 0 Å². The highest BCUT2D eigenvalue weighted by atomic mass is 15.0. The predicted octanol–water partition coefficient (Wildman–Crippen LogP) is 8.93. The van der Waals surface area contributed by atoms with Gasteiger partial charge in [0.25, 0.3) is 0 Å². The Balaban J connectivity index is 1.29. The first-order valence-electron chi connectivity index (χ1n) is 11.7. The van der Waals surface area contributed by atoms with E-state index in [2.05, 4.69) is 145 Å². The third-order valence-electron chi connectivity index (χ3n) is 6.50. The Morgan fingerprint density at radius 3 is 1.44 bits per heavy atom. The fourth-order valence-electron chi connectivity index (χ4n) is 4.66. The molecule has 1 aromatic heterocycles. The van der Waals surface area contributed by atoms with Crippen LogP contribution in [0.4, 0.5) is 0 Å². The summed E-state index contributed by atoms with van der Waals surface area (Å²) in [5.74, 6) is 0. The normalized spacial score (nSPS) is 11.6. The summed E-state index contributed by atoms with van der Waals surface area (Å²) in [5, 5.41) is 2.58. The molecule has 6 rings (SSSR count). The van der Waals surface area contributed by atoms with E-state index in [0.717, 1.165) is 0 Å². The zero-order valence-corrected chi connectivity index (χ0v) is 19.1. The van der Waals surface area contributed by atoms with Crippen LogP contribution in [0.1, 0.15) is 16.7 Å². The molecule has 0 radical (unpaired) electrons. The second-order valence-corrected chi connectivity index (χ2v) is 8.78. The fraction of sp³-hybridized carbons (Fsp3) is 0.0303. The molecule has 34 heavy (non-hydrogen) atoms. The number of aryl methyl sites for hydroxylation is 1. The molecule has 0 spiro atoms. The Morgan fingerprint density at radius 1 is 0.471 bits per heavy atom. The molecule has 1 heterocycles. The maximum absolute atomic E-state index is 2.35. The van der Waals surface area contributed by atoms with E-state index in [4.69, 9.17) is 0 Å². The summed E-state index contributed by atoms with van der Waals surface area (Å²) in [7, 11) is 0. The first kappa shape index (κ1) is 20.3. The average molecular weight is 436 g/mol. The summed E-state index contributed by atoms with van der Waals surface area (Å²) < 4.78 is 2.35. The monoisotopic (exact) mass is 435 g/mol. The van der Waals surface area contributed by atoms with Crippen LogP contribution in [0.3, 0.4) is 0 Å². The Labute approximate surface area is 200 Å². The van der Waals surface area contributed by atoms with Crippen molar-refractivity contribution in [1.29, 1.82) is 0 Å². The van der Waals surface area contributed by atoms with Crippen LogP contribution >= 0.6 is 0 Å². The highest BCUT2D eigenvalue weighted by Crippen LogP contribution is 2.32. The molecule has 0 aliphatic rings. The molecule has 0 fully saturated rings. The lowest BCUT2D eigenvalue weighted by Gasteiger charge is -2.09. The van der Waals surface area contributed by atoms with Gasteiger partial charge in [0.05, 0.1) is 11.0 Å². The van der Waals surface area contributed by atoms with Gasteiger partial charge < -0.3 is 4.57 Å². The molecular weight excluding hydrogens is 410 g/mol. The minimum absolute atomic E-state index is 1.18. The van der Waals surface area contributed by atoms with Crippen molar-refractivity contribution in [3.05, 3.63) is 138 Å². The molecule has 0 saturated carbocycles. The van der Waals surface area contributed by atoms with Gasteiger partial charge in [-0.05, 0) is 53.4 Å². The number of benzene rings is 5. The molecule has 0 saturated heterocycles. The standard InChI is InChI=1S/C33H25N/c1-24-10-12-25(13-11-24)14-15-26-16-18-27(19-17-26)28-20-22-29(23-21-28)34-32-8-4-2-6-30(32)31-7-3-5-9-33(31)34/h2-23H,1H3/b15-14+. The maximum atomic E-state index is 2.35. The second kappa shape index (κ2) is 8.53. The van der Waals surface area contributed by atoms with Gasteiger partial charge in [0.2, 0.25) is 0 Å². The summed E-state index contributed by atoms with van der Waals surface area (Å²) in [6.45, 7) is 2.11. The minimum atomic E-state index is 1.18. The number of fused-ring (bicyclic) bond motifs is 3. The average Bonchev–Trinajstić information content (AvgIpc) is 3.23. The third kappa shape index (κ3) is 3.72. The smallest absolute Gasteiger partial charge is 0.0541 e. The van der Waals surface area contributed by atoms with Gasteiger partial charge >= 0.3 is 0 Å². The number of hydrogen-bond acceptors (Lipinski definition) is 0. The lowest BCUT2D eigenvalue weighted by Crippen LogP contribution is -1.93. The Kier molecular flexibility index (Phi) is 5.08. The van der Waals surface area contributed by atoms with Gasteiger partial charge in [-0.3, -0.25) is 0 Å². The Bertz CT molecular complexity index is 1560. The van der Waals surface area contributed by atoms with E-state index in [9.17, 15) is 0 Å². The van der Waals surface area contributed by atoms with Crippen molar-refractivity contribution in [2.24, 2.45) is 0 Å². The third-order valence-corrected chi connectivity index (χ3v) is 6.50. The van der Waals surface area contributed by atoms with Gasteiger partial charge in [0, 0.05) is 16.5 Å². The van der Waals surface area contributed by atoms with Crippen LogP contribution < -0.4 is 0 Å². The van der Waals surface area contributed by atoms with Crippen LogP contribution in [0.25, 0.3) is 50.8 Å². The molecule has 0 amide bonds. The highest BCUT2D eigenvalue weighted by Gasteiger charge is 2.11. The van der Waals surface area contributed by atoms with Crippen molar-refractivity contribution >= 4 is 34.0 Å². The predicted molar refractivity (Wildman–Crippen MR) is 146 cm³/mol. The number of para-hydroxylation sites is 2. The number of nitrogens with zero attached hydrogens (tertiary/aromatic N) is 1. The van der Waals surface area contributed by atoms with Crippen LogP contribution in [-0.4, -0.2) is 4.57 Å². The fourth-order valence-corrected chi connectivity index (χ4v) is 4.66. The highest BCUT2D eigenvalue weighted by molar-refractivity contribution is 6.09. The molecule has 0 atom stereocenters. The molecule has 0 bridgehead atoms. The number of rotatable bonds is 4. The van der Waals surface area contributed by atoms with Crippen molar-refractivity contribution in [2.45, 2.75) is 6.92 Å². The number of hydrogen-bond donors (Lipinski definition) is 0. The summed E-state index contributed by atoms with van der Waals surface area (Å²) in [6.07, 6.45) is 4.33. The van der Waals surface area contributed by atoms with Gasteiger partial charge in [-0.25, -0.2) is 0 Å². The van der Waals surface area contributed by atoms with Crippen LogP contribution in [0, 0.1) is 6.92 Å². The van der Waals surface area contributed by atoms with Gasteiger partial charge in [-0.15, -0.1) is 0 Å². The second-order valence-electron chi connectivity index (χ2n) is 8.78.